The lowest BCUT2D eigenvalue weighted by molar-refractivity contribution is -0.160. The van der Waals surface area contributed by atoms with Crippen LogP contribution in [0.2, 0.25) is 0 Å². The van der Waals surface area contributed by atoms with E-state index in [0.717, 1.165) is 6.42 Å². The predicted octanol–water partition coefficient (Wildman–Crippen LogP) is 2.86. The summed E-state index contributed by atoms with van der Waals surface area (Å²) in [6.45, 7) is 21.8. The van der Waals surface area contributed by atoms with E-state index in [9.17, 15) is 19.5 Å². The van der Waals surface area contributed by atoms with Crippen LogP contribution in [-0.4, -0.2) is 93.1 Å². The van der Waals surface area contributed by atoms with Crippen LogP contribution in [0.1, 0.15) is 61.3 Å². The third kappa shape index (κ3) is 4.34. The number of hydrogen-bond acceptors (Lipinski definition) is 5. The lowest BCUT2D eigenvalue weighted by Gasteiger charge is -2.44. The van der Waals surface area contributed by atoms with Gasteiger partial charge in [-0.1, -0.05) is 39.3 Å². The van der Waals surface area contributed by atoms with Gasteiger partial charge >= 0.3 is 0 Å². The Kier molecular flexibility index (Phi) is 8.08. The zero-order valence-electron chi connectivity index (χ0n) is 24.0. The Morgan fingerprint density at radius 2 is 1.84 bits per heavy atom. The maximum atomic E-state index is 14.5. The number of aliphatic hydroxyl groups is 1. The van der Waals surface area contributed by atoms with E-state index in [1.165, 1.54) is 0 Å². The molecule has 3 aliphatic rings. The molecule has 0 radical (unpaired) electrons. The summed E-state index contributed by atoms with van der Waals surface area (Å²) in [5.41, 5.74) is -2.57. The first-order chi connectivity index (χ1) is 17.2. The van der Waals surface area contributed by atoms with Crippen molar-refractivity contribution >= 4 is 17.7 Å². The van der Waals surface area contributed by atoms with Crippen LogP contribution < -0.4 is 0 Å². The van der Waals surface area contributed by atoms with Crippen molar-refractivity contribution < 1.29 is 24.2 Å². The molecule has 1 N–H and O–H groups in total. The van der Waals surface area contributed by atoms with Crippen molar-refractivity contribution in [2.75, 3.05) is 26.7 Å². The summed E-state index contributed by atoms with van der Waals surface area (Å²) in [7, 11) is 1.71. The van der Waals surface area contributed by atoms with E-state index >= 15 is 0 Å². The molecule has 1 spiro atoms. The summed E-state index contributed by atoms with van der Waals surface area (Å²) >= 11 is 0. The lowest BCUT2D eigenvalue weighted by atomic mass is 9.62. The minimum Gasteiger partial charge on any atom is -0.394 e. The fourth-order valence-electron chi connectivity index (χ4n) is 7.00. The SMILES string of the molecule is C=CCN(C)C(=O)[C@@H]1[C@H]2C(=O)N([C@@H](CO)[C@@H](C)CC)C(C(=O)N(CC=C)C(C)(C)C)C23CC(C)[C@@]1(C)O3. The number of amides is 3. The van der Waals surface area contributed by atoms with Gasteiger partial charge in [0.15, 0.2) is 0 Å². The molecule has 3 amide bonds. The minimum absolute atomic E-state index is 0.0449. The van der Waals surface area contributed by atoms with Gasteiger partial charge in [0.25, 0.3) is 0 Å². The molecular weight excluding hydrogens is 470 g/mol. The second-order valence-corrected chi connectivity index (χ2v) is 12.5. The van der Waals surface area contributed by atoms with Crippen LogP contribution in [0.4, 0.5) is 0 Å². The van der Waals surface area contributed by atoms with Crippen molar-refractivity contribution in [2.24, 2.45) is 23.7 Å². The predicted molar refractivity (Wildman–Crippen MR) is 143 cm³/mol. The summed E-state index contributed by atoms with van der Waals surface area (Å²) in [6, 6.07) is -1.51. The van der Waals surface area contributed by atoms with Gasteiger partial charge in [-0.3, -0.25) is 14.4 Å². The highest BCUT2D eigenvalue weighted by atomic mass is 16.5. The molecule has 3 saturated heterocycles. The van der Waals surface area contributed by atoms with Gasteiger partial charge in [-0.15, -0.1) is 13.2 Å². The monoisotopic (exact) mass is 517 g/mol. The number of likely N-dealkylation sites (N-methyl/N-ethyl adjacent to an activating group) is 1. The summed E-state index contributed by atoms with van der Waals surface area (Å²) in [5.74, 6) is -2.30. The Bertz CT molecular complexity index is 944. The highest BCUT2D eigenvalue weighted by Crippen LogP contribution is 2.66. The number of aliphatic hydroxyl groups excluding tert-OH is 1. The molecule has 0 saturated carbocycles. The summed E-state index contributed by atoms with van der Waals surface area (Å²) in [5, 5.41) is 10.5. The Morgan fingerprint density at radius 1 is 1.24 bits per heavy atom. The number of hydrogen-bond donors (Lipinski definition) is 1. The van der Waals surface area contributed by atoms with Gasteiger partial charge in [0.2, 0.25) is 17.7 Å². The van der Waals surface area contributed by atoms with Crippen LogP contribution in [0.3, 0.4) is 0 Å². The normalized spacial score (nSPS) is 34.2. The number of ether oxygens (including phenoxy) is 1. The molecule has 2 bridgehead atoms. The molecule has 3 heterocycles. The molecule has 3 unspecified atom stereocenters. The quantitative estimate of drug-likeness (QED) is 0.450. The van der Waals surface area contributed by atoms with E-state index < -0.39 is 40.7 Å². The number of carbonyl (C=O) groups is 3. The first-order valence-corrected chi connectivity index (χ1v) is 13.6. The Labute approximate surface area is 222 Å². The van der Waals surface area contributed by atoms with Crippen LogP contribution >= 0.6 is 0 Å². The van der Waals surface area contributed by atoms with Crippen LogP contribution in [0, 0.1) is 23.7 Å². The van der Waals surface area contributed by atoms with Crippen LogP contribution in [0.5, 0.6) is 0 Å². The first kappa shape index (κ1) is 29.4. The van der Waals surface area contributed by atoms with E-state index in [1.54, 1.807) is 33.9 Å². The van der Waals surface area contributed by atoms with Crippen molar-refractivity contribution in [3.8, 4) is 0 Å². The van der Waals surface area contributed by atoms with E-state index in [2.05, 4.69) is 13.2 Å². The van der Waals surface area contributed by atoms with E-state index in [1.807, 2.05) is 48.5 Å². The Hall–Kier alpha value is -2.19. The number of rotatable bonds is 10. The molecule has 3 fully saturated rings. The highest BCUT2D eigenvalue weighted by Gasteiger charge is 2.80. The molecule has 208 valence electrons. The van der Waals surface area contributed by atoms with Gasteiger partial charge in [-0.25, -0.2) is 0 Å². The molecule has 8 atom stereocenters. The molecule has 0 aromatic rings. The van der Waals surface area contributed by atoms with Crippen molar-refractivity contribution in [1.82, 2.24) is 14.7 Å². The second-order valence-electron chi connectivity index (χ2n) is 12.5. The molecule has 0 aliphatic carbocycles. The summed E-state index contributed by atoms with van der Waals surface area (Å²) < 4.78 is 6.84. The number of likely N-dealkylation sites (tertiary alicyclic amines) is 1. The molecular formula is C29H47N3O5. The maximum absolute atomic E-state index is 14.5. The zero-order chi connectivity index (χ0) is 28.1. The number of nitrogens with zero attached hydrogens (tertiary/aromatic N) is 3. The maximum Gasteiger partial charge on any atom is 0.249 e. The molecule has 3 rings (SSSR count). The Balaban J connectivity index is 2.24. The second kappa shape index (κ2) is 10.2. The van der Waals surface area contributed by atoms with Crippen molar-refractivity contribution in [1.29, 1.82) is 0 Å². The fraction of sp³-hybridized carbons (Fsp3) is 0.759. The van der Waals surface area contributed by atoms with Gasteiger partial charge < -0.3 is 24.5 Å². The summed E-state index contributed by atoms with van der Waals surface area (Å²) in [6.07, 6.45) is 4.56. The fourth-order valence-corrected chi connectivity index (χ4v) is 7.00. The number of carbonyl (C=O) groups excluding carboxylic acids is 3. The third-order valence-corrected chi connectivity index (χ3v) is 9.26. The average Bonchev–Trinajstić information content (AvgIpc) is 3.33. The van der Waals surface area contributed by atoms with Gasteiger partial charge in [0.05, 0.1) is 30.1 Å². The molecule has 8 heteroatoms. The van der Waals surface area contributed by atoms with Crippen LogP contribution in [0.15, 0.2) is 25.3 Å². The van der Waals surface area contributed by atoms with Gasteiger partial charge in [0.1, 0.15) is 11.6 Å². The third-order valence-electron chi connectivity index (χ3n) is 9.26. The topological polar surface area (TPSA) is 90.4 Å². The zero-order valence-corrected chi connectivity index (χ0v) is 24.0. The van der Waals surface area contributed by atoms with Gasteiger partial charge in [-0.05, 0) is 46.0 Å². The van der Waals surface area contributed by atoms with E-state index in [4.69, 9.17) is 4.74 Å². The van der Waals surface area contributed by atoms with Crippen LogP contribution in [0.25, 0.3) is 0 Å². The molecule has 3 aliphatic heterocycles. The van der Waals surface area contributed by atoms with Crippen molar-refractivity contribution in [2.45, 2.75) is 90.1 Å². The van der Waals surface area contributed by atoms with E-state index in [-0.39, 0.29) is 36.2 Å². The van der Waals surface area contributed by atoms with Crippen molar-refractivity contribution in [3.05, 3.63) is 25.3 Å². The lowest BCUT2D eigenvalue weighted by Crippen LogP contribution is -2.62. The Morgan fingerprint density at radius 3 is 2.32 bits per heavy atom. The standard InChI is InChI=1S/C29H47N3O5/c1-11-14-30(10)24(34)21-22-25(35)32(20(17-33)18(4)13-3)23(26(36)31(15-12-2)27(6,7)8)29(22)16-19(5)28(21,9)37-29/h11-12,18-23,33H,1-2,13-17H2,3-10H3/t18-,19?,20-,21-,22-,23?,28+,29?/m0/s1. The van der Waals surface area contributed by atoms with E-state index in [0.29, 0.717) is 19.5 Å². The smallest absolute Gasteiger partial charge is 0.249 e. The molecule has 37 heavy (non-hydrogen) atoms. The molecule has 0 aromatic heterocycles. The largest absolute Gasteiger partial charge is 0.394 e. The first-order valence-electron chi connectivity index (χ1n) is 13.6. The highest BCUT2D eigenvalue weighted by molar-refractivity contribution is 5.99. The average molecular weight is 518 g/mol. The van der Waals surface area contributed by atoms with Crippen molar-refractivity contribution in [3.63, 3.8) is 0 Å². The molecule has 0 aromatic carbocycles. The molecule has 8 nitrogen and oxygen atoms in total. The van der Waals surface area contributed by atoms with Gasteiger partial charge in [0, 0.05) is 25.7 Å². The number of fused-ring (bicyclic) bond motifs is 1. The van der Waals surface area contributed by atoms with Gasteiger partial charge in [-0.2, -0.15) is 0 Å². The minimum atomic E-state index is -1.15. The summed E-state index contributed by atoms with van der Waals surface area (Å²) in [4.78, 5) is 47.7. The van der Waals surface area contributed by atoms with Crippen LogP contribution in [-0.2, 0) is 19.1 Å².